The van der Waals surface area contributed by atoms with Crippen LogP contribution in [0.5, 0.6) is 0 Å². The van der Waals surface area contributed by atoms with Crippen LogP contribution in [0.3, 0.4) is 0 Å². The normalized spacial score (nSPS) is 11.2. The molecule has 0 aliphatic rings. The Morgan fingerprint density at radius 3 is 1.33 bits per heavy atom. The molecule has 7 aromatic carbocycles. The predicted molar refractivity (Wildman–Crippen MR) is 173 cm³/mol. The van der Waals surface area contributed by atoms with E-state index in [1.165, 1.54) is 76.5 Å². The van der Waals surface area contributed by atoms with Crippen LogP contribution in [-0.4, -0.2) is 0 Å². The van der Waals surface area contributed by atoms with Crippen molar-refractivity contribution >= 4 is 43.1 Å². The Hall–Kier alpha value is -4.42. The summed E-state index contributed by atoms with van der Waals surface area (Å²) in [6.07, 6.45) is 1.02. The molecule has 0 heteroatoms. The van der Waals surface area contributed by atoms with Crippen LogP contribution in [0.2, 0.25) is 0 Å². The number of aryl methyl sites for hydroxylation is 2. The van der Waals surface area contributed by atoms with Gasteiger partial charge in [0.15, 0.2) is 0 Å². The first-order valence-electron chi connectivity index (χ1n) is 14.2. The fourth-order valence-electron chi connectivity index (χ4n) is 6.22. The Morgan fingerprint density at radius 1 is 0.436 bits per heavy atom. The standard InChI is InChI=1S/C37H28.C2H6/c1-3-25-23-35-34(22-24(25)2)36(30-20-10-14-26-12-4-6-16-28(26)30)32-18-8-9-19-33(32)37(35)31-21-11-15-27-13-5-7-17-29(27)31;1-2/h4-23H,3H2,1-2H3;1-2H3. The predicted octanol–water partition coefficient (Wildman–Crippen LogP) is 11.5. The SMILES string of the molecule is CC.CCc1cc2c(-c3cccc4ccccc34)c3ccccc3c(-c3cccc4ccccc34)c2cc1C. The molecule has 0 heterocycles. The summed E-state index contributed by atoms with van der Waals surface area (Å²) in [6, 6.07) is 44.8. The minimum atomic E-state index is 1.02. The maximum absolute atomic E-state index is 2.46. The summed E-state index contributed by atoms with van der Waals surface area (Å²) >= 11 is 0. The second-order valence-corrected chi connectivity index (χ2v) is 10.0. The van der Waals surface area contributed by atoms with Crippen LogP contribution in [0.4, 0.5) is 0 Å². The van der Waals surface area contributed by atoms with Gasteiger partial charge in [-0.2, -0.15) is 0 Å². The van der Waals surface area contributed by atoms with Gasteiger partial charge in [0.1, 0.15) is 0 Å². The zero-order valence-electron chi connectivity index (χ0n) is 23.3. The second kappa shape index (κ2) is 10.4. The third-order valence-corrected chi connectivity index (χ3v) is 7.98. The van der Waals surface area contributed by atoms with Crippen LogP contribution in [0.15, 0.2) is 121 Å². The summed E-state index contributed by atoms with van der Waals surface area (Å²) < 4.78 is 0. The lowest BCUT2D eigenvalue weighted by Gasteiger charge is -2.21. The Morgan fingerprint density at radius 2 is 0.846 bits per heavy atom. The van der Waals surface area contributed by atoms with E-state index in [1.54, 1.807) is 0 Å². The maximum Gasteiger partial charge on any atom is -0.00200 e. The van der Waals surface area contributed by atoms with Gasteiger partial charge < -0.3 is 0 Å². The van der Waals surface area contributed by atoms with E-state index >= 15 is 0 Å². The molecular formula is C39H34. The highest BCUT2D eigenvalue weighted by atomic mass is 14.2. The van der Waals surface area contributed by atoms with Crippen molar-refractivity contribution in [1.82, 2.24) is 0 Å². The molecule has 0 bridgehead atoms. The lowest BCUT2D eigenvalue weighted by molar-refractivity contribution is 1.12. The monoisotopic (exact) mass is 502 g/mol. The van der Waals surface area contributed by atoms with E-state index in [-0.39, 0.29) is 0 Å². The minimum Gasteiger partial charge on any atom is -0.0683 e. The second-order valence-electron chi connectivity index (χ2n) is 10.0. The van der Waals surface area contributed by atoms with Gasteiger partial charge in [-0.1, -0.05) is 142 Å². The smallest absolute Gasteiger partial charge is 0.00200 e. The zero-order chi connectivity index (χ0) is 26.9. The highest BCUT2D eigenvalue weighted by molar-refractivity contribution is 6.25. The molecule has 0 atom stereocenters. The molecular weight excluding hydrogens is 468 g/mol. The Labute approximate surface area is 231 Å². The third-order valence-electron chi connectivity index (χ3n) is 7.98. The Bertz CT molecular complexity index is 1960. The lowest BCUT2D eigenvalue weighted by atomic mass is 9.82. The topological polar surface area (TPSA) is 0 Å². The number of benzene rings is 7. The van der Waals surface area contributed by atoms with Crippen molar-refractivity contribution in [1.29, 1.82) is 0 Å². The molecule has 7 aromatic rings. The quantitative estimate of drug-likeness (QED) is 0.211. The van der Waals surface area contributed by atoms with Crippen LogP contribution in [0.25, 0.3) is 65.3 Å². The van der Waals surface area contributed by atoms with Gasteiger partial charge in [-0.15, -0.1) is 0 Å². The van der Waals surface area contributed by atoms with Crippen molar-refractivity contribution in [2.45, 2.75) is 34.1 Å². The molecule has 0 N–H and O–H groups in total. The molecule has 0 radical (unpaired) electrons. The highest BCUT2D eigenvalue weighted by Crippen LogP contribution is 2.47. The molecule has 0 nitrogen and oxygen atoms in total. The van der Waals surface area contributed by atoms with Crippen molar-refractivity contribution in [3.8, 4) is 22.3 Å². The molecule has 0 aliphatic heterocycles. The van der Waals surface area contributed by atoms with Crippen molar-refractivity contribution in [2.24, 2.45) is 0 Å². The van der Waals surface area contributed by atoms with Gasteiger partial charge in [-0.05, 0) is 89.8 Å². The number of hydrogen-bond acceptors (Lipinski definition) is 0. The Balaban J connectivity index is 0.00000135. The molecule has 0 saturated carbocycles. The van der Waals surface area contributed by atoms with E-state index in [4.69, 9.17) is 0 Å². The average Bonchev–Trinajstić information content (AvgIpc) is 3.00. The molecule has 0 aliphatic carbocycles. The molecule has 0 fully saturated rings. The summed E-state index contributed by atoms with van der Waals surface area (Å²) in [5, 5.41) is 10.4. The molecule has 0 saturated heterocycles. The van der Waals surface area contributed by atoms with Crippen molar-refractivity contribution in [3.63, 3.8) is 0 Å². The van der Waals surface area contributed by atoms with Crippen molar-refractivity contribution in [2.75, 3.05) is 0 Å². The van der Waals surface area contributed by atoms with Gasteiger partial charge in [0.25, 0.3) is 0 Å². The molecule has 0 spiro atoms. The molecule has 0 unspecified atom stereocenters. The summed E-state index contributed by atoms with van der Waals surface area (Å²) in [6.45, 7) is 8.52. The largest absolute Gasteiger partial charge is 0.0683 e. The lowest BCUT2D eigenvalue weighted by Crippen LogP contribution is -1.95. The fraction of sp³-hybridized carbons (Fsp3) is 0.128. The molecule has 7 rings (SSSR count). The number of fused-ring (bicyclic) bond motifs is 4. The van der Waals surface area contributed by atoms with E-state index in [1.807, 2.05) is 13.8 Å². The van der Waals surface area contributed by atoms with E-state index in [9.17, 15) is 0 Å². The van der Waals surface area contributed by atoms with E-state index < -0.39 is 0 Å². The maximum atomic E-state index is 2.46. The third kappa shape index (κ3) is 4.08. The van der Waals surface area contributed by atoms with Crippen molar-refractivity contribution in [3.05, 3.63) is 132 Å². The molecule has 190 valence electrons. The van der Waals surface area contributed by atoms with Crippen LogP contribution >= 0.6 is 0 Å². The first-order valence-corrected chi connectivity index (χ1v) is 14.2. The zero-order valence-corrected chi connectivity index (χ0v) is 23.3. The summed E-state index contributed by atoms with van der Waals surface area (Å²) in [5.74, 6) is 0. The van der Waals surface area contributed by atoms with E-state index in [2.05, 4.69) is 135 Å². The molecule has 0 aromatic heterocycles. The molecule has 0 amide bonds. The minimum absolute atomic E-state index is 1.02. The molecule has 39 heavy (non-hydrogen) atoms. The number of hydrogen-bond donors (Lipinski definition) is 0. The van der Waals surface area contributed by atoms with Gasteiger partial charge in [-0.25, -0.2) is 0 Å². The fourth-order valence-corrected chi connectivity index (χ4v) is 6.22. The number of rotatable bonds is 3. The van der Waals surface area contributed by atoms with Crippen LogP contribution in [0.1, 0.15) is 31.9 Å². The first-order chi connectivity index (χ1) is 19.2. The highest BCUT2D eigenvalue weighted by Gasteiger charge is 2.20. The van der Waals surface area contributed by atoms with Crippen molar-refractivity contribution < 1.29 is 0 Å². The van der Waals surface area contributed by atoms with Gasteiger partial charge >= 0.3 is 0 Å². The van der Waals surface area contributed by atoms with Crippen LogP contribution < -0.4 is 0 Å². The summed E-state index contributed by atoms with van der Waals surface area (Å²) in [4.78, 5) is 0. The van der Waals surface area contributed by atoms with Gasteiger partial charge in [0.2, 0.25) is 0 Å². The average molecular weight is 503 g/mol. The first kappa shape index (κ1) is 24.9. The van der Waals surface area contributed by atoms with E-state index in [0.29, 0.717) is 0 Å². The summed E-state index contributed by atoms with van der Waals surface area (Å²) in [7, 11) is 0. The van der Waals surface area contributed by atoms with Gasteiger partial charge in [0.05, 0.1) is 0 Å². The van der Waals surface area contributed by atoms with E-state index in [0.717, 1.165) is 6.42 Å². The van der Waals surface area contributed by atoms with Gasteiger partial charge in [-0.3, -0.25) is 0 Å². The van der Waals surface area contributed by atoms with Gasteiger partial charge in [0, 0.05) is 0 Å². The van der Waals surface area contributed by atoms with Crippen LogP contribution in [0, 0.1) is 6.92 Å². The van der Waals surface area contributed by atoms with Crippen LogP contribution in [-0.2, 0) is 6.42 Å². The summed E-state index contributed by atoms with van der Waals surface area (Å²) in [5.41, 5.74) is 8.03. The Kier molecular flexibility index (Phi) is 6.63.